The van der Waals surface area contributed by atoms with E-state index in [4.69, 9.17) is 40.4 Å². The first-order valence-electron chi connectivity index (χ1n) is 25.8. The fraction of sp³-hybridized carbons (Fsp3) is 0.593. The second kappa shape index (κ2) is 41.5. The van der Waals surface area contributed by atoms with E-state index in [2.05, 4.69) is 49.1 Å². The summed E-state index contributed by atoms with van der Waals surface area (Å²) in [6.07, 6.45) is 13.7. The van der Waals surface area contributed by atoms with Crippen LogP contribution in [-0.4, -0.2) is 128 Å². The molecule has 7 heterocycles. The summed E-state index contributed by atoms with van der Waals surface area (Å²) in [4.78, 5) is 42.3. The van der Waals surface area contributed by atoms with Gasteiger partial charge in [-0.25, -0.2) is 13.6 Å². The smallest absolute Gasteiger partial charge is 0.410 e. The summed E-state index contributed by atoms with van der Waals surface area (Å²) in [6, 6.07) is 13.3. The number of aldehydes is 1. The Hall–Kier alpha value is -5.64. The summed E-state index contributed by atoms with van der Waals surface area (Å²) in [5, 5.41) is 33.0. The number of carbonyl (C=O) groups excluding carboxylic acids is 2. The van der Waals surface area contributed by atoms with Gasteiger partial charge in [-0.15, -0.1) is 12.4 Å². The minimum Gasteiger partial charge on any atom is -0.487 e. The van der Waals surface area contributed by atoms with Crippen LogP contribution in [0.4, 0.5) is 13.6 Å². The highest BCUT2D eigenvalue weighted by atomic mass is 35.5. The zero-order valence-electron chi connectivity index (χ0n) is 45.9. The largest absolute Gasteiger partial charge is 0.487 e. The standard InChI is InChI=1S/C15H22N2O3.C11H16FNO.C10H14N2O.C6H4FNO.C4H9N3O.C4H11NO.C4H8O.ClH/c1-5-11-9-17(14(18)20-15(2,3)4)10-12-13(19-11)7-6-8-16-12;1-2-9(14)5-3-7-11-10(12)6-4-8-13-11;1-2-8-6-11-7-9-10(13-8)4-3-5-12-9;7-5-2-1-3-8-6(5)4-9;1-2-4(8)3-6-7-5;1-2-4(6)3-5;1-2-4-3-5-4;/h6-8,11H,5,9-10H2,1-4H3;4,6,8-9,14H,2-3,5,7H2,1H3;3-5,8,11H,2,6-7H2,1H3;1-4H;4,8H,2-3H2,1H3;4,6H,2-3,5H2,1H3;4H,2-3H2,1H3;1H/t11-;9-;8-;;3*4-;/m111.111./s1. The minimum atomic E-state index is -0.576. The van der Waals surface area contributed by atoms with E-state index in [0.29, 0.717) is 57.0 Å². The number of nitrogens with two attached hydrogens (primary N) is 1. The van der Waals surface area contributed by atoms with E-state index in [9.17, 15) is 23.5 Å². The van der Waals surface area contributed by atoms with Crippen LogP contribution in [-0.2, 0) is 29.0 Å². The van der Waals surface area contributed by atoms with Crippen LogP contribution < -0.4 is 20.5 Å². The molecule has 1 saturated heterocycles. The summed E-state index contributed by atoms with van der Waals surface area (Å²) < 4.78 is 47.4. The number of hydrogen-bond donors (Lipinski definition) is 5. The minimum absolute atomic E-state index is 0. The van der Waals surface area contributed by atoms with Gasteiger partial charge in [0.05, 0.1) is 62.0 Å². The molecule has 0 unspecified atom stereocenters. The Bertz CT molecular complexity index is 2210. The van der Waals surface area contributed by atoms with Crippen LogP contribution in [0.25, 0.3) is 10.4 Å². The molecule has 0 spiro atoms. The van der Waals surface area contributed by atoms with E-state index in [1.165, 1.54) is 30.8 Å². The molecule has 6 atom stereocenters. The second-order valence-corrected chi connectivity index (χ2v) is 18.2. The van der Waals surface area contributed by atoms with Crippen molar-refractivity contribution in [2.45, 2.75) is 175 Å². The summed E-state index contributed by atoms with van der Waals surface area (Å²) in [6.45, 7) is 21.8. The summed E-state index contributed by atoms with van der Waals surface area (Å²) >= 11 is 0. The van der Waals surface area contributed by atoms with Crippen molar-refractivity contribution in [3.05, 3.63) is 118 Å². The number of amides is 1. The van der Waals surface area contributed by atoms with Gasteiger partial charge < -0.3 is 45.3 Å². The average molecular weight is 1090 g/mol. The van der Waals surface area contributed by atoms with Crippen molar-refractivity contribution in [2.75, 3.05) is 32.8 Å². The van der Waals surface area contributed by atoms with Gasteiger partial charge in [0.1, 0.15) is 46.5 Å². The Labute approximate surface area is 454 Å². The van der Waals surface area contributed by atoms with Gasteiger partial charge in [0, 0.05) is 49.3 Å². The molecule has 7 rings (SSSR count). The van der Waals surface area contributed by atoms with Gasteiger partial charge in [-0.1, -0.05) is 46.7 Å². The Morgan fingerprint density at radius 2 is 1.38 bits per heavy atom. The van der Waals surface area contributed by atoms with Crippen LogP contribution in [0.5, 0.6) is 11.5 Å². The first-order valence-corrected chi connectivity index (χ1v) is 25.8. The lowest BCUT2D eigenvalue weighted by molar-refractivity contribution is 0.0176. The maximum atomic E-state index is 13.1. The molecule has 19 nitrogen and oxygen atoms in total. The Kier molecular flexibility index (Phi) is 38.4. The fourth-order valence-corrected chi connectivity index (χ4v) is 6.03. The Morgan fingerprint density at radius 3 is 1.86 bits per heavy atom. The number of aliphatic hydroxyl groups excluding tert-OH is 3. The SMILES string of the molecule is CC[C@@H](O)CCCc1ncccc1F.CC[C@@H](O)CN.CC[C@@H](O)CN=[N+]=[N-].CC[C@@H]1CN(C(=O)OC(C)(C)C)Cc2ncccc2O1.CC[C@@H]1CNCc2ncccc2O1.CC[C@@H]1CO1.Cl.O=Cc1ncccc1F. The number of pyridine rings is 4. The van der Waals surface area contributed by atoms with Crippen molar-refractivity contribution < 1.29 is 52.6 Å². The van der Waals surface area contributed by atoms with Gasteiger partial charge in [0.2, 0.25) is 0 Å². The molecule has 0 saturated carbocycles. The normalized spacial score (nSPS) is 16.7. The number of nitrogens with one attached hydrogen (secondary N) is 1. The number of rotatable bonds is 14. The molecule has 3 aliphatic heterocycles. The zero-order valence-corrected chi connectivity index (χ0v) is 46.7. The van der Waals surface area contributed by atoms with Crippen LogP contribution in [0.2, 0.25) is 0 Å². The van der Waals surface area contributed by atoms with Crippen LogP contribution in [0, 0.1) is 11.6 Å². The number of nitrogens with zero attached hydrogens (tertiary/aromatic N) is 8. The number of hydrogen-bond acceptors (Lipinski definition) is 16. The third-order valence-electron chi connectivity index (χ3n) is 10.9. The number of aliphatic hydroxyl groups is 3. The maximum absolute atomic E-state index is 13.1. The number of epoxide rings is 1. The molecule has 0 radical (unpaired) electrons. The molecule has 3 aliphatic rings. The first kappa shape index (κ1) is 70.4. The summed E-state index contributed by atoms with van der Waals surface area (Å²) in [7, 11) is 0. The number of azide groups is 1. The number of aromatic nitrogens is 4. The molecule has 4 aromatic heterocycles. The lowest BCUT2D eigenvalue weighted by atomic mass is 10.1. The molecular weight excluding hydrogens is 1010 g/mol. The molecular formula is C54H85ClF2N10O9. The van der Waals surface area contributed by atoms with E-state index in [-0.39, 0.29) is 61.0 Å². The lowest BCUT2D eigenvalue weighted by Crippen LogP contribution is -2.40. The van der Waals surface area contributed by atoms with Crippen LogP contribution in [0.15, 0.2) is 78.4 Å². The van der Waals surface area contributed by atoms with Crippen LogP contribution in [0.1, 0.15) is 141 Å². The van der Waals surface area contributed by atoms with E-state index in [1.54, 1.807) is 29.6 Å². The molecule has 1 amide bonds. The first-order chi connectivity index (χ1) is 35.9. The quantitative estimate of drug-likeness (QED) is 0.0258. The van der Waals surface area contributed by atoms with Gasteiger partial charge in [0.25, 0.3) is 0 Å². The van der Waals surface area contributed by atoms with E-state index in [1.807, 2.05) is 72.7 Å². The highest BCUT2D eigenvalue weighted by molar-refractivity contribution is 5.85. The third-order valence-corrected chi connectivity index (χ3v) is 10.9. The molecule has 0 aliphatic carbocycles. The Balaban J connectivity index is 0.000000902. The highest BCUT2D eigenvalue weighted by Gasteiger charge is 2.29. The lowest BCUT2D eigenvalue weighted by Gasteiger charge is -2.27. The monoisotopic (exact) mass is 1090 g/mol. The molecule has 0 aromatic carbocycles. The van der Waals surface area contributed by atoms with Gasteiger partial charge in [-0.05, 0) is 133 Å². The number of halogens is 3. The Morgan fingerprint density at radius 1 is 0.842 bits per heavy atom. The van der Waals surface area contributed by atoms with Crippen LogP contribution >= 0.6 is 12.4 Å². The van der Waals surface area contributed by atoms with E-state index < -0.39 is 17.5 Å². The highest BCUT2D eigenvalue weighted by Crippen LogP contribution is 2.25. The summed E-state index contributed by atoms with van der Waals surface area (Å²) in [5.41, 5.74) is 14.4. The van der Waals surface area contributed by atoms with Crippen LogP contribution in [0.3, 0.4) is 0 Å². The fourth-order valence-electron chi connectivity index (χ4n) is 6.03. The molecule has 22 heteroatoms. The van der Waals surface area contributed by atoms with Crippen molar-refractivity contribution in [2.24, 2.45) is 10.8 Å². The predicted molar refractivity (Wildman–Crippen MR) is 292 cm³/mol. The topological polar surface area (TPSA) is 277 Å². The number of aryl methyl sites for hydroxylation is 1. The molecule has 4 aromatic rings. The van der Waals surface area contributed by atoms with Gasteiger partial charge >= 0.3 is 6.09 Å². The average Bonchev–Trinajstić information content (AvgIpc) is 4.30. The third kappa shape index (κ3) is 32.1. The maximum Gasteiger partial charge on any atom is 0.410 e. The van der Waals surface area contributed by atoms with Gasteiger partial charge in [0.15, 0.2) is 12.1 Å². The molecule has 0 bridgehead atoms. The second-order valence-electron chi connectivity index (χ2n) is 18.2. The number of fused-ring (bicyclic) bond motifs is 2. The molecule has 76 heavy (non-hydrogen) atoms. The summed E-state index contributed by atoms with van der Waals surface area (Å²) in [5.74, 6) is 0.857. The van der Waals surface area contributed by atoms with Crippen molar-refractivity contribution in [1.29, 1.82) is 0 Å². The molecule has 1 fully saturated rings. The number of carbonyl (C=O) groups is 2. The predicted octanol–water partition coefficient (Wildman–Crippen LogP) is 9.68. The van der Waals surface area contributed by atoms with E-state index in [0.717, 1.165) is 74.7 Å². The molecule has 426 valence electrons. The molecule has 6 N–H and O–H groups in total. The van der Waals surface area contributed by atoms with Crippen molar-refractivity contribution >= 4 is 24.8 Å². The van der Waals surface area contributed by atoms with Gasteiger partial charge in [-0.3, -0.25) is 29.6 Å². The van der Waals surface area contributed by atoms with Crippen molar-refractivity contribution in [1.82, 2.24) is 30.2 Å². The number of ether oxygens (including phenoxy) is 4. The van der Waals surface area contributed by atoms with Crippen molar-refractivity contribution in [3.63, 3.8) is 0 Å². The van der Waals surface area contributed by atoms with Crippen molar-refractivity contribution in [3.8, 4) is 11.5 Å². The zero-order chi connectivity index (χ0) is 56.0. The van der Waals surface area contributed by atoms with E-state index >= 15 is 0 Å². The van der Waals surface area contributed by atoms with Gasteiger partial charge in [-0.2, -0.15) is 0 Å².